The van der Waals surface area contributed by atoms with Gasteiger partial charge in [0.1, 0.15) is 0 Å². The molecule has 3 N–H and O–H groups in total. The molecule has 0 atom stereocenters. The van der Waals surface area contributed by atoms with Crippen LogP contribution in [0.15, 0.2) is 77.7 Å². The van der Waals surface area contributed by atoms with E-state index in [1.165, 1.54) is 60.7 Å². The molecule has 0 saturated carbocycles. The van der Waals surface area contributed by atoms with Crippen LogP contribution in [0.5, 0.6) is 0 Å². The lowest BCUT2D eigenvalue weighted by molar-refractivity contribution is -0.384. The van der Waals surface area contributed by atoms with Gasteiger partial charge in [-0.05, 0) is 85.7 Å². The van der Waals surface area contributed by atoms with E-state index in [2.05, 4.69) is 15.4 Å². The number of thiocarbonyl (C=S) groups is 1. The molecule has 0 radical (unpaired) electrons. The summed E-state index contributed by atoms with van der Waals surface area (Å²) in [7, 11) is -3.78. The highest BCUT2D eigenvalue weighted by molar-refractivity contribution is 7.92. The number of hydrogen-bond donors (Lipinski definition) is 3. The van der Waals surface area contributed by atoms with Crippen LogP contribution in [0.4, 0.5) is 17.1 Å². The molecule has 0 aliphatic rings. The molecule has 3 rings (SSSR count). The Kier molecular flexibility index (Phi) is 7.94. The van der Waals surface area contributed by atoms with Crippen molar-refractivity contribution >= 4 is 56.4 Å². The summed E-state index contributed by atoms with van der Waals surface area (Å²) in [6, 6.07) is 17.1. The highest BCUT2D eigenvalue weighted by Crippen LogP contribution is 2.22. The first-order valence-electron chi connectivity index (χ1n) is 10.3. The van der Waals surface area contributed by atoms with Crippen LogP contribution in [-0.2, 0) is 14.8 Å². The van der Waals surface area contributed by atoms with Crippen molar-refractivity contribution in [3.05, 3.63) is 99.6 Å². The Morgan fingerprint density at radius 3 is 2.26 bits per heavy atom. The summed E-state index contributed by atoms with van der Waals surface area (Å²) in [5, 5.41) is 16.0. The van der Waals surface area contributed by atoms with E-state index < -0.39 is 20.9 Å². The molecule has 11 heteroatoms. The van der Waals surface area contributed by atoms with Crippen LogP contribution in [0.3, 0.4) is 0 Å². The van der Waals surface area contributed by atoms with E-state index in [0.29, 0.717) is 16.9 Å². The van der Waals surface area contributed by atoms with Crippen molar-refractivity contribution in [1.29, 1.82) is 0 Å². The first-order chi connectivity index (χ1) is 16.5. The smallest absolute Gasteiger partial charge is 0.269 e. The van der Waals surface area contributed by atoms with Crippen molar-refractivity contribution in [2.45, 2.75) is 18.7 Å². The maximum atomic E-state index is 12.7. The van der Waals surface area contributed by atoms with Gasteiger partial charge in [-0.2, -0.15) is 0 Å². The molecule has 3 aromatic rings. The lowest BCUT2D eigenvalue weighted by Crippen LogP contribution is -2.32. The second-order valence-corrected chi connectivity index (χ2v) is 9.66. The first-order valence-corrected chi connectivity index (χ1v) is 12.2. The van der Waals surface area contributed by atoms with E-state index in [4.69, 9.17) is 12.2 Å². The van der Waals surface area contributed by atoms with Gasteiger partial charge in [-0.25, -0.2) is 8.42 Å². The van der Waals surface area contributed by atoms with E-state index >= 15 is 0 Å². The summed E-state index contributed by atoms with van der Waals surface area (Å²) < 4.78 is 28.0. The van der Waals surface area contributed by atoms with E-state index in [1.807, 2.05) is 26.0 Å². The van der Waals surface area contributed by atoms with Crippen molar-refractivity contribution in [2.75, 3.05) is 10.0 Å². The summed E-state index contributed by atoms with van der Waals surface area (Å²) in [5.41, 5.74) is 3.40. The van der Waals surface area contributed by atoms with Crippen LogP contribution in [0, 0.1) is 24.0 Å². The Labute approximate surface area is 208 Å². The number of nitrogens with zero attached hydrogens (tertiary/aromatic N) is 1. The van der Waals surface area contributed by atoms with Crippen molar-refractivity contribution in [3.8, 4) is 0 Å². The molecule has 0 aliphatic heterocycles. The van der Waals surface area contributed by atoms with E-state index in [1.54, 1.807) is 6.07 Å². The van der Waals surface area contributed by atoms with Gasteiger partial charge in [0, 0.05) is 23.9 Å². The number of amides is 1. The van der Waals surface area contributed by atoms with E-state index in [0.717, 1.165) is 11.1 Å². The molecular weight excluding hydrogens is 488 g/mol. The number of carbonyl (C=O) groups is 1. The average Bonchev–Trinajstić information content (AvgIpc) is 2.80. The van der Waals surface area contributed by atoms with E-state index in [-0.39, 0.29) is 15.7 Å². The van der Waals surface area contributed by atoms with Crippen molar-refractivity contribution < 1.29 is 18.1 Å². The number of carbonyl (C=O) groups excluding carboxylic acids is 1. The molecule has 35 heavy (non-hydrogen) atoms. The Bertz CT molecular complexity index is 1400. The Morgan fingerprint density at radius 1 is 1.00 bits per heavy atom. The number of non-ortho nitro benzene ring substituents is 1. The third-order valence-corrected chi connectivity index (χ3v) is 6.40. The number of nitro groups is 1. The molecular formula is C24H22N4O5S2. The Hall–Kier alpha value is -4.09. The van der Waals surface area contributed by atoms with Crippen molar-refractivity contribution in [3.63, 3.8) is 0 Å². The summed E-state index contributed by atoms with van der Waals surface area (Å²) in [6.45, 7) is 3.76. The molecule has 0 saturated heterocycles. The fourth-order valence-corrected chi connectivity index (χ4v) is 4.39. The summed E-state index contributed by atoms with van der Waals surface area (Å²) in [6.07, 6.45) is 2.73. The molecule has 1 amide bonds. The minimum Gasteiger partial charge on any atom is -0.332 e. The SMILES string of the molecule is Cc1ccc(NS(=O)(=O)c2ccc(NC(=S)NC(=O)/C=C/c3ccc([N+](=O)[O-])cc3)cc2)c(C)c1. The molecule has 0 heterocycles. The number of hydrogen-bond acceptors (Lipinski definition) is 6. The number of sulfonamides is 1. The van der Waals surface area contributed by atoms with Gasteiger partial charge >= 0.3 is 0 Å². The molecule has 0 bridgehead atoms. The maximum Gasteiger partial charge on any atom is 0.269 e. The van der Waals surface area contributed by atoms with E-state index in [9.17, 15) is 23.3 Å². The monoisotopic (exact) mass is 510 g/mol. The zero-order chi connectivity index (χ0) is 25.6. The minimum absolute atomic E-state index is 0.0207. The molecule has 0 unspecified atom stereocenters. The summed E-state index contributed by atoms with van der Waals surface area (Å²) in [4.78, 5) is 22.3. The minimum atomic E-state index is -3.78. The third-order valence-electron chi connectivity index (χ3n) is 4.82. The third kappa shape index (κ3) is 7.19. The highest BCUT2D eigenvalue weighted by Gasteiger charge is 2.15. The normalized spacial score (nSPS) is 11.1. The number of nitrogens with one attached hydrogen (secondary N) is 3. The molecule has 0 aliphatic carbocycles. The first kappa shape index (κ1) is 25.5. The van der Waals surface area contributed by atoms with Gasteiger partial charge in [0.05, 0.1) is 15.5 Å². The van der Waals surface area contributed by atoms with Gasteiger partial charge in [-0.15, -0.1) is 0 Å². The van der Waals surface area contributed by atoms with Crippen LogP contribution < -0.4 is 15.4 Å². The summed E-state index contributed by atoms with van der Waals surface area (Å²) >= 11 is 5.12. The number of aryl methyl sites for hydroxylation is 2. The molecule has 0 fully saturated rings. The van der Waals surface area contributed by atoms with Crippen LogP contribution in [0.1, 0.15) is 16.7 Å². The zero-order valence-corrected chi connectivity index (χ0v) is 20.4. The van der Waals surface area contributed by atoms with Crippen LogP contribution in [-0.4, -0.2) is 24.4 Å². The Balaban J connectivity index is 1.57. The van der Waals surface area contributed by atoms with Crippen LogP contribution in [0.25, 0.3) is 6.08 Å². The number of anilines is 2. The topological polar surface area (TPSA) is 130 Å². The van der Waals surface area contributed by atoms with Crippen LogP contribution >= 0.6 is 12.2 Å². The Morgan fingerprint density at radius 2 is 1.66 bits per heavy atom. The fraction of sp³-hybridized carbons (Fsp3) is 0.0833. The molecule has 0 aromatic heterocycles. The number of rotatable bonds is 7. The van der Waals surface area contributed by atoms with Crippen molar-refractivity contribution in [1.82, 2.24) is 5.32 Å². The number of nitro benzene ring substituents is 1. The van der Waals surface area contributed by atoms with Gasteiger partial charge < -0.3 is 5.32 Å². The molecule has 9 nitrogen and oxygen atoms in total. The van der Waals surface area contributed by atoms with Gasteiger partial charge in [-0.3, -0.25) is 24.9 Å². The molecule has 180 valence electrons. The fourth-order valence-electron chi connectivity index (χ4n) is 3.04. The number of benzene rings is 3. The average molecular weight is 511 g/mol. The second-order valence-electron chi connectivity index (χ2n) is 7.57. The predicted octanol–water partition coefficient (Wildman–Crippen LogP) is 4.54. The maximum absolute atomic E-state index is 12.7. The van der Waals surface area contributed by atoms with Gasteiger partial charge in [0.2, 0.25) is 5.91 Å². The molecule has 0 spiro atoms. The standard InChI is InChI=1S/C24H22N4O5S2/c1-16-3-13-22(17(2)15-16)27-35(32,33)21-11-7-19(8-12-21)25-24(34)26-23(29)14-6-18-4-9-20(10-5-18)28(30)31/h3-15,27H,1-2H3,(H2,25,26,29,34)/b14-6+. The predicted molar refractivity (Wildman–Crippen MR) is 140 cm³/mol. The van der Waals surface area contributed by atoms with Gasteiger partial charge in [0.15, 0.2) is 5.11 Å². The lowest BCUT2D eigenvalue weighted by Gasteiger charge is -2.12. The van der Waals surface area contributed by atoms with Gasteiger partial charge in [0.25, 0.3) is 15.7 Å². The largest absolute Gasteiger partial charge is 0.332 e. The summed E-state index contributed by atoms with van der Waals surface area (Å²) in [5.74, 6) is -0.502. The second kappa shape index (κ2) is 10.9. The quantitative estimate of drug-likeness (QED) is 0.184. The van der Waals surface area contributed by atoms with Crippen molar-refractivity contribution in [2.24, 2.45) is 0 Å². The highest BCUT2D eigenvalue weighted by atomic mass is 32.2. The van der Waals surface area contributed by atoms with Gasteiger partial charge in [-0.1, -0.05) is 17.7 Å². The zero-order valence-electron chi connectivity index (χ0n) is 18.8. The molecule has 3 aromatic carbocycles. The van der Waals surface area contributed by atoms with Crippen LogP contribution in [0.2, 0.25) is 0 Å². The lowest BCUT2D eigenvalue weighted by atomic mass is 10.1.